The summed E-state index contributed by atoms with van der Waals surface area (Å²) in [7, 11) is 0. The van der Waals surface area contributed by atoms with Crippen molar-refractivity contribution in [1.29, 1.82) is 0 Å². The molecule has 0 atom stereocenters. The van der Waals surface area contributed by atoms with Gasteiger partial charge >= 0.3 is 5.97 Å². The molecular weight excluding hydrogens is 396 g/mol. The van der Waals surface area contributed by atoms with Crippen LogP contribution >= 0.6 is 0 Å². The molecule has 0 heterocycles. The van der Waals surface area contributed by atoms with E-state index in [1.165, 1.54) is 41.5 Å². The number of unbranched alkanes of at least 4 members (excludes halogenated alkanes) is 5. The minimum atomic E-state index is -0.0367. The maximum atomic E-state index is 12.1. The summed E-state index contributed by atoms with van der Waals surface area (Å²) >= 11 is 0. The summed E-state index contributed by atoms with van der Waals surface area (Å²) in [6.45, 7) is 4.13. The van der Waals surface area contributed by atoms with Crippen LogP contribution in [0.2, 0.25) is 0 Å². The van der Waals surface area contributed by atoms with Crippen molar-refractivity contribution in [3.63, 3.8) is 0 Å². The van der Waals surface area contributed by atoms with E-state index >= 15 is 0 Å². The first-order valence-corrected chi connectivity index (χ1v) is 12.3. The van der Waals surface area contributed by atoms with Crippen LogP contribution in [-0.4, -0.2) is 18.2 Å². The molecule has 2 aromatic carbocycles. The highest BCUT2D eigenvalue weighted by molar-refractivity contribution is 5.69. The van der Waals surface area contributed by atoms with Crippen LogP contribution < -0.4 is 0 Å². The van der Waals surface area contributed by atoms with Crippen molar-refractivity contribution in [2.45, 2.75) is 89.3 Å². The van der Waals surface area contributed by atoms with Gasteiger partial charge in [-0.1, -0.05) is 80.8 Å². The molecule has 0 aromatic heterocycles. The Morgan fingerprint density at radius 1 is 0.656 bits per heavy atom. The van der Waals surface area contributed by atoms with E-state index in [1.807, 2.05) is 0 Å². The molecule has 3 heteroatoms. The topological polar surface area (TPSA) is 35.5 Å². The SMILES string of the molecule is C=C(CCCCCCCCC(=O)OC1Cc2ccccc2C1)OC1Cc2ccccc2C1. The average molecular weight is 433 g/mol. The molecule has 4 rings (SSSR count). The molecule has 2 aliphatic carbocycles. The lowest BCUT2D eigenvalue weighted by Crippen LogP contribution is -2.18. The van der Waals surface area contributed by atoms with Crippen LogP contribution in [0.1, 0.15) is 73.6 Å². The molecular formula is C29H36O3. The number of fused-ring (bicyclic) bond motifs is 2. The second kappa shape index (κ2) is 11.4. The molecule has 0 spiro atoms. The summed E-state index contributed by atoms with van der Waals surface area (Å²) < 4.78 is 11.8. The summed E-state index contributed by atoms with van der Waals surface area (Å²) in [4.78, 5) is 12.1. The quantitative estimate of drug-likeness (QED) is 0.218. The Kier molecular flexibility index (Phi) is 8.03. The van der Waals surface area contributed by atoms with Crippen molar-refractivity contribution in [3.05, 3.63) is 83.1 Å². The Balaban J connectivity index is 0.981. The molecule has 0 aliphatic heterocycles. The average Bonchev–Trinajstić information content (AvgIpc) is 3.38. The predicted octanol–water partition coefficient (Wildman–Crippen LogP) is 6.52. The minimum absolute atomic E-state index is 0.0358. The van der Waals surface area contributed by atoms with E-state index in [9.17, 15) is 4.79 Å². The van der Waals surface area contributed by atoms with E-state index < -0.39 is 0 Å². The number of benzene rings is 2. The first-order valence-electron chi connectivity index (χ1n) is 12.3. The number of ether oxygens (including phenoxy) is 2. The fraction of sp³-hybridized carbons (Fsp3) is 0.483. The van der Waals surface area contributed by atoms with Gasteiger partial charge in [0.25, 0.3) is 0 Å². The van der Waals surface area contributed by atoms with E-state index in [1.54, 1.807) is 0 Å². The number of allylic oxidation sites excluding steroid dienone is 1. The molecule has 0 saturated heterocycles. The fourth-order valence-corrected chi connectivity index (χ4v) is 5.04. The fourth-order valence-electron chi connectivity index (χ4n) is 5.04. The number of carbonyl (C=O) groups excluding carboxylic acids is 1. The third-order valence-corrected chi connectivity index (χ3v) is 6.75. The highest BCUT2D eigenvalue weighted by Crippen LogP contribution is 2.26. The molecule has 32 heavy (non-hydrogen) atoms. The number of hydrogen-bond donors (Lipinski definition) is 0. The van der Waals surface area contributed by atoms with E-state index in [4.69, 9.17) is 9.47 Å². The zero-order valence-corrected chi connectivity index (χ0v) is 19.2. The summed E-state index contributed by atoms with van der Waals surface area (Å²) in [6, 6.07) is 17.0. The summed E-state index contributed by atoms with van der Waals surface area (Å²) in [5.41, 5.74) is 5.49. The van der Waals surface area contributed by atoms with Crippen molar-refractivity contribution in [3.8, 4) is 0 Å². The van der Waals surface area contributed by atoms with Crippen molar-refractivity contribution < 1.29 is 14.3 Å². The van der Waals surface area contributed by atoms with Gasteiger partial charge in [-0.05, 0) is 35.1 Å². The van der Waals surface area contributed by atoms with Gasteiger partial charge in [0.2, 0.25) is 0 Å². The van der Waals surface area contributed by atoms with Gasteiger partial charge in [0, 0.05) is 38.5 Å². The maximum absolute atomic E-state index is 12.1. The van der Waals surface area contributed by atoms with Crippen LogP contribution in [0.5, 0.6) is 0 Å². The van der Waals surface area contributed by atoms with E-state index in [-0.39, 0.29) is 18.2 Å². The third kappa shape index (κ3) is 6.48. The molecule has 0 radical (unpaired) electrons. The highest BCUT2D eigenvalue weighted by Gasteiger charge is 2.24. The first-order chi connectivity index (χ1) is 15.7. The Labute approximate surface area is 192 Å². The monoisotopic (exact) mass is 432 g/mol. The molecule has 0 saturated carbocycles. The van der Waals surface area contributed by atoms with Crippen LogP contribution in [0.3, 0.4) is 0 Å². The summed E-state index contributed by atoms with van der Waals surface area (Å²) in [6.07, 6.45) is 12.2. The number of rotatable bonds is 12. The third-order valence-electron chi connectivity index (χ3n) is 6.75. The lowest BCUT2D eigenvalue weighted by Gasteiger charge is -2.15. The van der Waals surface area contributed by atoms with Gasteiger partial charge < -0.3 is 9.47 Å². The Hall–Kier alpha value is -2.55. The number of hydrogen-bond acceptors (Lipinski definition) is 3. The standard InChI is InChI=1S/C29H36O3/c1-22(31-27-18-23-13-8-9-14-24(23)19-27)12-6-4-2-3-5-7-17-29(30)32-28-20-25-15-10-11-16-26(25)21-28/h8-11,13-16,27-28H,1-7,12,17-21H2. The Bertz CT molecular complexity index is 791. The molecule has 0 fully saturated rings. The zero-order chi connectivity index (χ0) is 22.2. The van der Waals surface area contributed by atoms with E-state index in [0.29, 0.717) is 6.42 Å². The van der Waals surface area contributed by atoms with E-state index in [0.717, 1.165) is 57.1 Å². The van der Waals surface area contributed by atoms with Crippen molar-refractivity contribution >= 4 is 5.97 Å². The van der Waals surface area contributed by atoms with Gasteiger partial charge in [0.1, 0.15) is 12.2 Å². The zero-order valence-electron chi connectivity index (χ0n) is 19.2. The van der Waals surface area contributed by atoms with Gasteiger partial charge in [0.15, 0.2) is 0 Å². The van der Waals surface area contributed by atoms with Gasteiger partial charge in [-0.2, -0.15) is 0 Å². The van der Waals surface area contributed by atoms with Crippen LogP contribution in [-0.2, 0) is 40.0 Å². The largest absolute Gasteiger partial charge is 0.495 e. The van der Waals surface area contributed by atoms with Gasteiger partial charge in [-0.25, -0.2) is 0 Å². The summed E-state index contributed by atoms with van der Waals surface area (Å²) in [5, 5.41) is 0. The molecule has 0 amide bonds. The van der Waals surface area contributed by atoms with Gasteiger partial charge in [-0.15, -0.1) is 0 Å². The van der Waals surface area contributed by atoms with Gasteiger partial charge in [-0.3, -0.25) is 4.79 Å². The normalized spacial score (nSPS) is 15.4. The predicted molar refractivity (Wildman–Crippen MR) is 129 cm³/mol. The molecule has 0 N–H and O–H groups in total. The molecule has 0 unspecified atom stereocenters. The minimum Gasteiger partial charge on any atom is -0.495 e. The van der Waals surface area contributed by atoms with Crippen LogP contribution in [0.4, 0.5) is 0 Å². The van der Waals surface area contributed by atoms with Crippen molar-refractivity contribution in [1.82, 2.24) is 0 Å². The van der Waals surface area contributed by atoms with Crippen LogP contribution in [0, 0.1) is 0 Å². The first kappa shape index (κ1) is 22.6. The molecule has 170 valence electrons. The number of esters is 1. The lowest BCUT2D eigenvalue weighted by atomic mass is 10.1. The highest BCUT2D eigenvalue weighted by atomic mass is 16.5. The van der Waals surface area contributed by atoms with Crippen molar-refractivity contribution in [2.75, 3.05) is 0 Å². The Morgan fingerprint density at radius 3 is 1.56 bits per heavy atom. The molecule has 3 nitrogen and oxygen atoms in total. The smallest absolute Gasteiger partial charge is 0.306 e. The second-order valence-electron chi connectivity index (χ2n) is 9.37. The molecule has 2 aliphatic rings. The van der Waals surface area contributed by atoms with E-state index in [2.05, 4.69) is 55.1 Å². The van der Waals surface area contributed by atoms with Crippen molar-refractivity contribution in [2.24, 2.45) is 0 Å². The number of carbonyl (C=O) groups is 1. The Morgan fingerprint density at radius 2 is 1.06 bits per heavy atom. The summed E-state index contributed by atoms with van der Waals surface area (Å²) in [5.74, 6) is 0.893. The maximum Gasteiger partial charge on any atom is 0.306 e. The lowest BCUT2D eigenvalue weighted by molar-refractivity contribution is -0.148. The van der Waals surface area contributed by atoms with Crippen LogP contribution in [0.25, 0.3) is 0 Å². The van der Waals surface area contributed by atoms with Crippen LogP contribution in [0.15, 0.2) is 60.9 Å². The molecule has 0 bridgehead atoms. The molecule has 2 aromatic rings. The second-order valence-corrected chi connectivity index (χ2v) is 9.37. The van der Waals surface area contributed by atoms with Gasteiger partial charge in [0.05, 0.1) is 5.76 Å².